The molecule has 134 valence electrons. The summed E-state index contributed by atoms with van der Waals surface area (Å²) in [6.07, 6.45) is 0. The molecule has 0 amide bonds. The molecule has 5 heteroatoms. The summed E-state index contributed by atoms with van der Waals surface area (Å²) in [5, 5.41) is 0. The van der Waals surface area contributed by atoms with Gasteiger partial charge in [-0.3, -0.25) is 4.90 Å². The lowest BCUT2D eigenvalue weighted by molar-refractivity contribution is 0.208. The van der Waals surface area contributed by atoms with E-state index in [1.807, 2.05) is 30.3 Å². The number of rotatable bonds is 5. The molecular weight excluding hydrogens is 322 g/mol. The van der Waals surface area contributed by atoms with Crippen molar-refractivity contribution >= 4 is 5.69 Å². The topological polar surface area (TPSA) is 15.7 Å². The van der Waals surface area contributed by atoms with Crippen molar-refractivity contribution in [1.29, 1.82) is 0 Å². The highest BCUT2D eigenvalue weighted by Gasteiger charge is 2.24. The van der Waals surface area contributed by atoms with Gasteiger partial charge >= 0.3 is 0 Å². The molecule has 0 radical (unpaired) electrons. The highest BCUT2D eigenvalue weighted by molar-refractivity contribution is 5.52. The zero-order valence-corrected chi connectivity index (χ0v) is 14.7. The van der Waals surface area contributed by atoms with Crippen molar-refractivity contribution < 1.29 is 13.5 Å². The summed E-state index contributed by atoms with van der Waals surface area (Å²) < 4.78 is 34.5. The van der Waals surface area contributed by atoms with Crippen LogP contribution >= 0.6 is 0 Å². The molecule has 1 fully saturated rings. The number of piperazine rings is 1. The second-order valence-corrected chi connectivity index (χ2v) is 6.63. The van der Waals surface area contributed by atoms with Gasteiger partial charge in [-0.15, -0.1) is 0 Å². The van der Waals surface area contributed by atoms with Crippen LogP contribution in [0.25, 0.3) is 0 Å². The van der Waals surface area contributed by atoms with Gasteiger partial charge in [0.1, 0.15) is 18.0 Å². The van der Waals surface area contributed by atoms with E-state index in [4.69, 9.17) is 4.74 Å². The first-order chi connectivity index (χ1) is 12.0. The summed E-state index contributed by atoms with van der Waals surface area (Å²) in [6, 6.07) is 12.5. The first-order valence-electron chi connectivity index (χ1n) is 8.69. The normalized spacial score (nSPS) is 15.6. The lowest BCUT2D eigenvalue weighted by atomic mass is 10.2. The van der Waals surface area contributed by atoms with Gasteiger partial charge in [-0.1, -0.05) is 30.3 Å². The predicted octanol–water partition coefficient (Wildman–Crippen LogP) is 4.07. The van der Waals surface area contributed by atoms with Gasteiger partial charge in [0.15, 0.2) is 11.6 Å². The molecule has 0 spiro atoms. The van der Waals surface area contributed by atoms with E-state index in [1.165, 1.54) is 12.1 Å². The summed E-state index contributed by atoms with van der Waals surface area (Å²) in [4.78, 5) is 4.09. The van der Waals surface area contributed by atoms with Gasteiger partial charge in [0, 0.05) is 44.4 Å². The molecule has 2 aromatic carbocycles. The maximum Gasteiger partial charge on any atom is 0.153 e. The Morgan fingerprint density at radius 3 is 2.12 bits per heavy atom. The zero-order valence-electron chi connectivity index (χ0n) is 14.7. The fourth-order valence-corrected chi connectivity index (χ4v) is 3.13. The number of benzene rings is 2. The Bertz CT molecular complexity index is 675. The summed E-state index contributed by atoms with van der Waals surface area (Å²) in [7, 11) is 0. The maximum atomic E-state index is 14.5. The van der Waals surface area contributed by atoms with Gasteiger partial charge in [0.2, 0.25) is 0 Å². The monoisotopic (exact) mass is 346 g/mol. The van der Waals surface area contributed by atoms with Crippen molar-refractivity contribution in [3.05, 3.63) is 59.7 Å². The largest absolute Gasteiger partial charge is 0.489 e. The average molecular weight is 346 g/mol. The van der Waals surface area contributed by atoms with Crippen LogP contribution in [0.5, 0.6) is 5.75 Å². The SMILES string of the molecule is CC(C)N1CCN(c2c(F)cc(OCc3ccccc3)cc2F)CC1. The molecular formula is C20H24F2N2O. The molecule has 2 aromatic rings. The van der Waals surface area contributed by atoms with Crippen LogP contribution < -0.4 is 9.64 Å². The van der Waals surface area contributed by atoms with E-state index in [2.05, 4.69) is 18.7 Å². The Morgan fingerprint density at radius 1 is 0.960 bits per heavy atom. The summed E-state index contributed by atoms with van der Waals surface area (Å²) >= 11 is 0. The molecule has 25 heavy (non-hydrogen) atoms. The quantitative estimate of drug-likeness (QED) is 0.811. The van der Waals surface area contributed by atoms with Crippen molar-refractivity contribution in [3.8, 4) is 5.75 Å². The van der Waals surface area contributed by atoms with Crippen LogP contribution in [0.15, 0.2) is 42.5 Å². The van der Waals surface area contributed by atoms with E-state index in [0.717, 1.165) is 18.7 Å². The van der Waals surface area contributed by atoms with Gasteiger partial charge in [0.05, 0.1) is 0 Å². The number of hydrogen-bond donors (Lipinski definition) is 0. The number of halogens is 2. The minimum Gasteiger partial charge on any atom is -0.489 e. The fraction of sp³-hybridized carbons (Fsp3) is 0.400. The third-order valence-corrected chi connectivity index (χ3v) is 4.60. The van der Waals surface area contributed by atoms with Crippen LogP contribution in [0.2, 0.25) is 0 Å². The molecule has 0 bridgehead atoms. The van der Waals surface area contributed by atoms with Crippen LogP contribution in [0, 0.1) is 11.6 Å². The summed E-state index contributed by atoms with van der Waals surface area (Å²) in [5.74, 6) is -0.925. The molecule has 0 N–H and O–H groups in total. The van der Waals surface area contributed by atoms with Crippen molar-refractivity contribution in [2.24, 2.45) is 0 Å². The molecule has 1 saturated heterocycles. The standard InChI is InChI=1S/C20H24F2N2O/c1-15(2)23-8-10-24(11-9-23)20-18(21)12-17(13-19(20)22)25-14-16-6-4-3-5-7-16/h3-7,12-13,15H,8-11,14H2,1-2H3. The Hall–Kier alpha value is -2.14. The predicted molar refractivity (Wildman–Crippen MR) is 96.1 cm³/mol. The molecule has 1 aliphatic rings. The van der Waals surface area contributed by atoms with Gasteiger partial charge in [-0.05, 0) is 19.4 Å². The van der Waals surface area contributed by atoms with Gasteiger partial charge < -0.3 is 9.64 Å². The maximum absolute atomic E-state index is 14.5. The molecule has 1 heterocycles. The van der Waals surface area contributed by atoms with Crippen LogP contribution in [-0.2, 0) is 6.61 Å². The molecule has 3 rings (SSSR count). The molecule has 1 aliphatic heterocycles. The minimum absolute atomic E-state index is 0.0514. The van der Waals surface area contributed by atoms with E-state index < -0.39 is 11.6 Å². The first-order valence-corrected chi connectivity index (χ1v) is 8.69. The smallest absolute Gasteiger partial charge is 0.153 e. The summed E-state index contributed by atoms with van der Waals surface area (Å²) in [6.45, 7) is 7.41. The number of ether oxygens (including phenoxy) is 1. The zero-order chi connectivity index (χ0) is 17.8. The van der Waals surface area contributed by atoms with Crippen molar-refractivity contribution in [2.45, 2.75) is 26.5 Å². The van der Waals surface area contributed by atoms with Gasteiger partial charge in [-0.2, -0.15) is 0 Å². The van der Waals surface area contributed by atoms with Gasteiger partial charge in [-0.25, -0.2) is 8.78 Å². The summed E-state index contributed by atoms with van der Waals surface area (Å²) in [5.41, 5.74) is 1.01. The second kappa shape index (κ2) is 7.83. The third-order valence-electron chi connectivity index (χ3n) is 4.60. The Kier molecular flexibility index (Phi) is 5.53. The van der Waals surface area contributed by atoms with Crippen LogP contribution in [0.1, 0.15) is 19.4 Å². The van der Waals surface area contributed by atoms with Crippen molar-refractivity contribution in [1.82, 2.24) is 4.90 Å². The average Bonchev–Trinajstić information content (AvgIpc) is 2.61. The van der Waals surface area contributed by atoms with Crippen molar-refractivity contribution in [2.75, 3.05) is 31.1 Å². The van der Waals surface area contributed by atoms with E-state index in [0.29, 0.717) is 19.1 Å². The highest BCUT2D eigenvalue weighted by atomic mass is 19.1. The number of nitrogens with zero attached hydrogens (tertiary/aromatic N) is 2. The fourth-order valence-electron chi connectivity index (χ4n) is 3.13. The van der Waals surface area contributed by atoms with E-state index >= 15 is 0 Å². The molecule has 0 saturated carbocycles. The van der Waals surface area contributed by atoms with Gasteiger partial charge in [0.25, 0.3) is 0 Å². The Morgan fingerprint density at radius 2 is 1.56 bits per heavy atom. The van der Waals surface area contributed by atoms with Crippen LogP contribution in [-0.4, -0.2) is 37.1 Å². The van der Waals surface area contributed by atoms with Crippen LogP contribution in [0.3, 0.4) is 0 Å². The van der Waals surface area contributed by atoms with E-state index in [9.17, 15) is 8.78 Å². The first kappa shape index (κ1) is 17.7. The lowest BCUT2D eigenvalue weighted by Crippen LogP contribution is -2.49. The molecule has 0 aliphatic carbocycles. The van der Waals surface area contributed by atoms with Crippen LogP contribution in [0.4, 0.5) is 14.5 Å². The second-order valence-electron chi connectivity index (χ2n) is 6.63. The third kappa shape index (κ3) is 4.28. The highest BCUT2D eigenvalue weighted by Crippen LogP contribution is 2.29. The Balaban J connectivity index is 1.68. The molecule has 3 nitrogen and oxygen atoms in total. The lowest BCUT2D eigenvalue weighted by Gasteiger charge is -2.38. The van der Waals surface area contributed by atoms with E-state index in [-0.39, 0.29) is 18.0 Å². The molecule has 0 atom stereocenters. The number of anilines is 1. The molecule has 0 unspecified atom stereocenters. The van der Waals surface area contributed by atoms with E-state index in [1.54, 1.807) is 4.90 Å². The van der Waals surface area contributed by atoms with Crippen molar-refractivity contribution in [3.63, 3.8) is 0 Å². The minimum atomic E-state index is -0.568. The number of hydrogen-bond acceptors (Lipinski definition) is 3. The molecule has 0 aromatic heterocycles. The Labute approximate surface area is 147 Å².